The SMILES string of the molecule is CCC(=O)N1CCC(NC(=NC)NCCCc2nc3ccccc3[nH]2)C1.I. The first-order valence-corrected chi connectivity index (χ1v) is 9.38. The quantitative estimate of drug-likeness (QED) is 0.254. The van der Waals surface area contributed by atoms with Crippen LogP contribution in [0, 0.1) is 0 Å². The van der Waals surface area contributed by atoms with Crippen LogP contribution < -0.4 is 10.6 Å². The van der Waals surface area contributed by atoms with Gasteiger partial charge in [-0.3, -0.25) is 9.79 Å². The molecule has 1 aliphatic heterocycles. The maximum Gasteiger partial charge on any atom is 0.222 e. The summed E-state index contributed by atoms with van der Waals surface area (Å²) in [6.45, 7) is 4.31. The average Bonchev–Trinajstić information content (AvgIpc) is 3.29. The van der Waals surface area contributed by atoms with Crippen LogP contribution in [0.4, 0.5) is 0 Å². The summed E-state index contributed by atoms with van der Waals surface area (Å²) in [5.41, 5.74) is 2.10. The number of para-hydroxylation sites is 2. The first kappa shape index (κ1) is 21.5. The Morgan fingerprint density at radius 3 is 2.96 bits per heavy atom. The number of carbonyl (C=O) groups excluding carboxylic acids is 1. The largest absolute Gasteiger partial charge is 0.356 e. The van der Waals surface area contributed by atoms with Gasteiger partial charge < -0.3 is 20.5 Å². The van der Waals surface area contributed by atoms with Gasteiger partial charge in [0.1, 0.15) is 5.82 Å². The molecule has 1 amide bonds. The molecule has 1 fully saturated rings. The van der Waals surface area contributed by atoms with Gasteiger partial charge in [0.2, 0.25) is 5.91 Å². The van der Waals surface area contributed by atoms with Crippen molar-refractivity contribution in [3.05, 3.63) is 30.1 Å². The molecule has 8 heteroatoms. The van der Waals surface area contributed by atoms with E-state index in [1.807, 2.05) is 36.1 Å². The Bertz CT molecular complexity index is 741. The first-order chi connectivity index (χ1) is 12.7. The molecule has 0 saturated carbocycles. The Balaban J connectivity index is 0.00000261. The molecule has 2 heterocycles. The number of rotatable bonds is 6. The second-order valence-electron chi connectivity index (χ2n) is 6.63. The van der Waals surface area contributed by atoms with E-state index in [2.05, 4.69) is 25.6 Å². The van der Waals surface area contributed by atoms with Crippen LogP contribution in [-0.4, -0.2) is 59.5 Å². The number of hydrogen-bond acceptors (Lipinski definition) is 3. The summed E-state index contributed by atoms with van der Waals surface area (Å²) in [5, 5.41) is 6.77. The summed E-state index contributed by atoms with van der Waals surface area (Å²) in [7, 11) is 1.78. The summed E-state index contributed by atoms with van der Waals surface area (Å²) >= 11 is 0. The maximum absolute atomic E-state index is 11.8. The molecule has 0 radical (unpaired) electrons. The van der Waals surface area contributed by atoms with Crippen LogP contribution in [0.1, 0.15) is 32.0 Å². The van der Waals surface area contributed by atoms with Crippen molar-refractivity contribution in [1.29, 1.82) is 0 Å². The van der Waals surface area contributed by atoms with Crippen molar-refractivity contribution in [2.75, 3.05) is 26.7 Å². The van der Waals surface area contributed by atoms with Gasteiger partial charge in [-0.15, -0.1) is 24.0 Å². The zero-order valence-corrected chi connectivity index (χ0v) is 18.3. The van der Waals surface area contributed by atoms with Gasteiger partial charge in [0.05, 0.1) is 11.0 Å². The van der Waals surface area contributed by atoms with E-state index in [0.717, 1.165) is 61.7 Å². The van der Waals surface area contributed by atoms with Crippen molar-refractivity contribution in [1.82, 2.24) is 25.5 Å². The number of H-pyrrole nitrogens is 1. The number of fused-ring (bicyclic) bond motifs is 1. The highest BCUT2D eigenvalue weighted by molar-refractivity contribution is 14.0. The third kappa shape index (κ3) is 5.82. The van der Waals surface area contributed by atoms with Crippen LogP contribution in [0.15, 0.2) is 29.3 Å². The fraction of sp³-hybridized carbons (Fsp3) is 0.526. The van der Waals surface area contributed by atoms with Gasteiger partial charge in [-0.1, -0.05) is 19.1 Å². The van der Waals surface area contributed by atoms with E-state index >= 15 is 0 Å². The van der Waals surface area contributed by atoms with Crippen molar-refractivity contribution < 1.29 is 4.79 Å². The van der Waals surface area contributed by atoms with Crippen LogP contribution in [-0.2, 0) is 11.2 Å². The Hall–Kier alpha value is -1.84. The number of benzene rings is 1. The number of nitrogens with one attached hydrogen (secondary N) is 3. The number of imidazole rings is 1. The van der Waals surface area contributed by atoms with E-state index < -0.39 is 0 Å². The molecule has 0 bridgehead atoms. The number of amides is 1. The number of aromatic amines is 1. The van der Waals surface area contributed by atoms with Crippen molar-refractivity contribution in [2.24, 2.45) is 4.99 Å². The van der Waals surface area contributed by atoms with Crippen LogP contribution in [0.25, 0.3) is 11.0 Å². The third-order valence-electron chi connectivity index (χ3n) is 4.73. The zero-order chi connectivity index (χ0) is 18.4. The summed E-state index contributed by atoms with van der Waals surface area (Å²) in [6, 6.07) is 8.35. The molecule has 1 unspecified atom stereocenters. The van der Waals surface area contributed by atoms with E-state index in [0.29, 0.717) is 6.42 Å². The fourth-order valence-corrected chi connectivity index (χ4v) is 3.30. The van der Waals surface area contributed by atoms with Crippen LogP contribution in [0.2, 0.25) is 0 Å². The molecule has 1 saturated heterocycles. The smallest absolute Gasteiger partial charge is 0.222 e. The van der Waals surface area contributed by atoms with E-state index in [-0.39, 0.29) is 35.9 Å². The number of aromatic nitrogens is 2. The molecular weight excluding hydrogens is 455 g/mol. The minimum absolute atomic E-state index is 0. The van der Waals surface area contributed by atoms with Gasteiger partial charge >= 0.3 is 0 Å². The maximum atomic E-state index is 11.8. The molecule has 3 N–H and O–H groups in total. The first-order valence-electron chi connectivity index (χ1n) is 9.38. The van der Waals surface area contributed by atoms with Crippen molar-refractivity contribution in [2.45, 2.75) is 38.6 Å². The molecule has 2 aromatic rings. The Morgan fingerprint density at radius 2 is 2.22 bits per heavy atom. The summed E-state index contributed by atoms with van der Waals surface area (Å²) in [5.74, 6) is 2.04. The summed E-state index contributed by atoms with van der Waals surface area (Å²) < 4.78 is 0. The number of halogens is 1. The molecule has 0 spiro atoms. The van der Waals surface area contributed by atoms with Gasteiger partial charge in [0, 0.05) is 45.6 Å². The Labute approximate surface area is 177 Å². The lowest BCUT2D eigenvalue weighted by atomic mass is 10.2. The number of nitrogens with zero attached hydrogens (tertiary/aromatic N) is 3. The average molecular weight is 484 g/mol. The molecule has 1 aromatic carbocycles. The van der Waals surface area contributed by atoms with E-state index in [1.54, 1.807) is 7.05 Å². The number of likely N-dealkylation sites (tertiary alicyclic amines) is 1. The third-order valence-corrected chi connectivity index (χ3v) is 4.73. The second-order valence-corrected chi connectivity index (χ2v) is 6.63. The highest BCUT2D eigenvalue weighted by atomic mass is 127. The number of hydrogen-bond donors (Lipinski definition) is 3. The van der Waals surface area contributed by atoms with Crippen molar-refractivity contribution >= 4 is 46.9 Å². The minimum Gasteiger partial charge on any atom is -0.356 e. The van der Waals surface area contributed by atoms with Crippen molar-refractivity contribution in [3.63, 3.8) is 0 Å². The molecule has 27 heavy (non-hydrogen) atoms. The van der Waals surface area contributed by atoms with Gasteiger partial charge in [-0.2, -0.15) is 0 Å². The van der Waals surface area contributed by atoms with Gasteiger partial charge in [-0.05, 0) is 25.0 Å². The van der Waals surface area contributed by atoms with Crippen molar-refractivity contribution in [3.8, 4) is 0 Å². The zero-order valence-electron chi connectivity index (χ0n) is 16.0. The molecule has 1 aliphatic rings. The highest BCUT2D eigenvalue weighted by Gasteiger charge is 2.25. The van der Waals surface area contributed by atoms with Crippen LogP contribution in [0.5, 0.6) is 0 Å². The molecule has 1 atom stereocenters. The van der Waals surface area contributed by atoms with E-state index in [9.17, 15) is 4.79 Å². The second kappa shape index (κ2) is 10.5. The van der Waals surface area contributed by atoms with E-state index in [4.69, 9.17) is 0 Å². The normalized spacial score (nSPS) is 17.0. The number of guanidine groups is 1. The Morgan fingerprint density at radius 1 is 1.41 bits per heavy atom. The molecule has 0 aliphatic carbocycles. The molecule has 7 nitrogen and oxygen atoms in total. The number of aliphatic imine (C=N–C) groups is 1. The lowest BCUT2D eigenvalue weighted by Gasteiger charge is -2.18. The number of aryl methyl sites for hydroxylation is 1. The summed E-state index contributed by atoms with van der Waals surface area (Å²) in [6.07, 6.45) is 3.39. The minimum atomic E-state index is 0. The number of carbonyl (C=O) groups is 1. The Kier molecular flexibility index (Phi) is 8.33. The molecule has 148 valence electrons. The lowest BCUT2D eigenvalue weighted by Crippen LogP contribution is -2.45. The monoisotopic (exact) mass is 484 g/mol. The molecular formula is C19H29IN6O. The lowest BCUT2D eigenvalue weighted by molar-refractivity contribution is -0.129. The predicted molar refractivity (Wildman–Crippen MR) is 120 cm³/mol. The van der Waals surface area contributed by atoms with Gasteiger partial charge in [0.15, 0.2) is 5.96 Å². The highest BCUT2D eigenvalue weighted by Crippen LogP contribution is 2.11. The fourth-order valence-electron chi connectivity index (χ4n) is 3.30. The van der Waals surface area contributed by atoms with Crippen LogP contribution in [0.3, 0.4) is 0 Å². The van der Waals surface area contributed by atoms with Gasteiger partial charge in [-0.25, -0.2) is 4.98 Å². The topological polar surface area (TPSA) is 85.4 Å². The predicted octanol–water partition coefficient (Wildman–Crippen LogP) is 2.29. The van der Waals surface area contributed by atoms with Crippen LogP contribution >= 0.6 is 24.0 Å². The van der Waals surface area contributed by atoms with E-state index in [1.165, 1.54) is 0 Å². The standard InChI is InChI=1S/C19H28N6O.HI/c1-3-18(26)25-12-10-14(13-25)22-19(20-2)21-11-6-9-17-23-15-7-4-5-8-16(15)24-17;/h4-5,7-8,14H,3,6,9-13H2,1-2H3,(H,23,24)(H2,20,21,22);1H. The molecule has 1 aromatic heterocycles. The van der Waals surface area contributed by atoms with Gasteiger partial charge in [0.25, 0.3) is 0 Å². The molecule has 3 rings (SSSR count). The summed E-state index contributed by atoms with van der Waals surface area (Å²) in [4.78, 5) is 25.9.